The summed E-state index contributed by atoms with van der Waals surface area (Å²) < 4.78 is 0. The van der Waals surface area contributed by atoms with E-state index in [1.165, 1.54) is 11.1 Å². The number of hydrogen-bond acceptors (Lipinski definition) is 1. The molecule has 0 saturated heterocycles. The first-order chi connectivity index (χ1) is 9.65. The van der Waals surface area contributed by atoms with E-state index in [1.54, 1.807) is 12.3 Å². The summed E-state index contributed by atoms with van der Waals surface area (Å²) in [6.07, 6.45) is 2.80. The molecule has 1 fully saturated rings. The highest BCUT2D eigenvalue weighted by atomic mass is 16.2. The molecule has 2 unspecified atom stereocenters. The number of hydrogen-bond donors (Lipinski definition) is 2. The summed E-state index contributed by atoms with van der Waals surface area (Å²) in [4.78, 5) is 14.9. The quantitative estimate of drug-likeness (QED) is 0.876. The zero-order chi connectivity index (χ0) is 14.1. The van der Waals surface area contributed by atoms with Crippen molar-refractivity contribution in [2.45, 2.75) is 38.1 Å². The molecular formula is C17H20N2O. The number of H-pyrrole nitrogens is 1. The van der Waals surface area contributed by atoms with Crippen LogP contribution in [0.2, 0.25) is 0 Å². The number of aromatic nitrogens is 1. The predicted molar refractivity (Wildman–Crippen MR) is 79.9 cm³/mol. The van der Waals surface area contributed by atoms with Gasteiger partial charge in [0.25, 0.3) is 5.91 Å². The highest BCUT2D eigenvalue weighted by molar-refractivity contribution is 5.92. The number of amides is 1. The Morgan fingerprint density at radius 2 is 2.00 bits per heavy atom. The molecule has 1 saturated carbocycles. The molecular weight excluding hydrogens is 248 g/mol. The van der Waals surface area contributed by atoms with Crippen molar-refractivity contribution in [1.82, 2.24) is 10.3 Å². The summed E-state index contributed by atoms with van der Waals surface area (Å²) in [6, 6.07) is 12.7. The summed E-state index contributed by atoms with van der Waals surface area (Å²) in [6.45, 7) is 4.40. The van der Waals surface area contributed by atoms with Gasteiger partial charge in [-0.25, -0.2) is 0 Å². The third-order valence-corrected chi connectivity index (χ3v) is 3.98. The lowest BCUT2D eigenvalue weighted by atomic mass is 10.0. The second-order valence-corrected chi connectivity index (χ2v) is 5.83. The molecule has 1 aromatic heterocycles. The molecule has 1 heterocycles. The van der Waals surface area contributed by atoms with Gasteiger partial charge in [0.1, 0.15) is 5.69 Å². The Bertz CT molecular complexity index is 584. The molecule has 3 rings (SSSR count). The van der Waals surface area contributed by atoms with Crippen molar-refractivity contribution in [3.63, 3.8) is 0 Å². The minimum Gasteiger partial charge on any atom is -0.357 e. The Labute approximate surface area is 119 Å². The molecule has 0 bridgehead atoms. The number of benzene rings is 1. The van der Waals surface area contributed by atoms with Crippen molar-refractivity contribution in [3.05, 3.63) is 59.4 Å². The lowest BCUT2D eigenvalue weighted by Gasteiger charge is -2.07. The molecule has 3 nitrogen and oxygen atoms in total. The summed E-state index contributed by atoms with van der Waals surface area (Å²) in [7, 11) is 0. The fourth-order valence-electron chi connectivity index (χ4n) is 2.57. The summed E-state index contributed by atoms with van der Waals surface area (Å²) in [5.74, 6) is 1.02. The second kappa shape index (κ2) is 5.16. The van der Waals surface area contributed by atoms with Crippen molar-refractivity contribution in [3.8, 4) is 0 Å². The first-order valence-corrected chi connectivity index (χ1v) is 7.19. The molecule has 2 atom stereocenters. The maximum atomic E-state index is 11.9. The van der Waals surface area contributed by atoms with Crippen LogP contribution in [-0.2, 0) is 0 Å². The zero-order valence-electron chi connectivity index (χ0n) is 11.9. The smallest absolute Gasteiger partial charge is 0.267 e. The van der Waals surface area contributed by atoms with Crippen molar-refractivity contribution >= 4 is 5.91 Å². The molecule has 0 aliphatic heterocycles. The van der Waals surface area contributed by atoms with Gasteiger partial charge in [0.2, 0.25) is 0 Å². The van der Waals surface area contributed by atoms with Crippen LogP contribution in [0.4, 0.5) is 0 Å². The van der Waals surface area contributed by atoms with Gasteiger partial charge in [-0.05, 0) is 35.6 Å². The number of carbonyl (C=O) groups excluding carboxylic acids is 1. The summed E-state index contributed by atoms with van der Waals surface area (Å²) in [5, 5.41) is 3.07. The van der Waals surface area contributed by atoms with Gasteiger partial charge in [-0.15, -0.1) is 0 Å². The Kier molecular flexibility index (Phi) is 3.35. The lowest BCUT2D eigenvalue weighted by Crippen LogP contribution is -2.26. The van der Waals surface area contributed by atoms with Gasteiger partial charge >= 0.3 is 0 Å². The van der Waals surface area contributed by atoms with Crippen LogP contribution in [0, 0.1) is 0 Å². The zero-order valence-corrected chi connectivity index (χ0v) is 11.9. The van der Waals surface area contributed by atoms with E-state index < -0.39 is 0 Å². The summed E-state index contributed by atoms with van der Waals surface area (Å²) >= 11 is 0. The average molecular weight is 268 g/mol. The summed E-state index contributed by atoms with van der Waals surface area (Å²) in [5.41, 5.74) is 3.32. The number of rotatable bonds is 4. The molecule has 0 radical (unpaired) electrons. The molecule has 20 heavy (non-hydrogen) atoms. The van der Waals surface area contributed by atoms with E-state index in [2.05, 4.69) is 48.4 Å². The van der Waals surface area contributed by atoms with Crippen LogP contribution in [0.25, 0.3) is 0 Å². The van der Waals surface area contributed by atoms with E-state index in [0.717, 1.165) is 6.42 Å². The van der Waals surface area contributed by atoms with Gasteiger partial charge in [-0.1, -0.05) is 38.1 Å². The lowest BCUT2D eigenvalue weighted by molar-refractivity contribution is 0.0946. The van der Waals surface area contributed by atoms with Gasteiger partial charge in [0.05, 0.1) is 0 Å². The standard InChI is InChI=1S/C17H20N2O/c1-11(2)12-5-7-13(8-6-12)14-10-16(14)19-17(20)15-4-3-9-18-15/h3-9,11,14,16,18H,10H2,1-2H3,(H,19,20). The molecule has 1 aromatic carbocycles. The molecule has 3 heteroatoms. The van der Waals surface area contributed by atoms with Crippen molar-refractivity contribution in [1.29, 1.82) is 0 Å². The van der Waals surface area contributed by atoms with E-state index in [1.807, 2.05) is 6.07 Å². The van der Waals surface area contributed by atoms with E-state index >= 15 is 0 Å². The molecule has 1 amide bonds. The van der Waals surface area contributed by atoms with Crippen LogP contribution in [0.3, 0.4) is 0 Å². The van der Waals surface area contributed by atoms with E-state index in [4.69, 9.17) is 0 Å². The Balaban J connectivity index is 1.60. The van der Waals surface area contributed by atoms with Gasteiger partial charge in [-0.2, -0.15) is 0 Å². The number of carbonyl (C=O) groups is 1. The third-order valence-electron chi connectivity index (χ3n) is 3.98. The highest BCUT2D eigenvalue weighted by Gasteiger charge is 2.39. The maximum absolute atomic E-state index is 11.9. The largest absolute Gasteiger partial charge is 0.357 e. The normalized spacial score (nSPS) is 20.9. The van der Waals surface area contributed by atoms with E-state index in [9.17, 15) is 4.79 Å². The first kappa shape index (κ1) is 13.0. The van der Waals surface area contributed by atoms with Crippen LogP contribution >= 0.6 is 0 Å². The molecule has 0 spiro atoms. The van der Waals surface area contributed by atoms with Gasteiger partial charge < -0.3 is 10.3 Å². The molecule has 2 N–H and O–H groups in total. The fourth-order valence-corrected chi connectivity index (χ4v) is 2.57. The van der Waals surface area contributed by atoms with Crippen molar-refractivity contribution < 1.29 is 4.79 Å². The van der Waals surface area contributed by atoms with Gasteiger partial charge in [-0.3, -0.25) is 4.79 Å². The van der Waals surface area contributed by atoms with Crippen LogP contribution in [-0.4, -0.2) is 16.9 Å². The van der Waals surface area contributed by atoms with E-state index in [0.29, 0.717) is 17.5 Å². The average Bonchev–Trinajstić information content (AvgIpc) is 2.99. The monoisotopic (exact) mass is 268 g/mol. The van der Waals surface area contributed by atoms with Crippen LogP contribution in [0.1, 0.15) is 53.7 Å². The van der Waals surface area contributed by atoms with Gasteiger partial charge in [0.15, 0.2) is 0 Å². The third kappa shape index (κ3) is 2.62. The molecule has 1 aliphatic carbocycles. The minimum atomic E-state index is -0.0127. The van der Waals surface area contributed by atoms with E-state index in [-0.39, 0.29) is 11.9 Å². The second-order valence-electron chi connectivity index (χ2n) is 5.83. The van der Waals surface area contributed by atoms with Crippen LogP contribution in [0.5, 0.6) is 0 Å². The maximum Gasteiger partial charge on any atom is 0.267 e. The van der Waals surface area contributed by atoms with Crippen molar-refractivity contribution in [2.24, 2.45) is 0 Å². The number of nitrogens with one attached hydrogen (secondary N) is 2. The topological polar surface area (TPSA) is 44.9 Å². The van der Waals surface area contributed by atoms with Crippen LogP contribution in [0.15, 0.2) is 42.6 Å². The SMILES string of the molecule is CC(C)c1ccc(C2CC2NC(=O)c2ccc[nH]2)cc1. The predicted octanol–water partition coefficient (Wildman–Crippen LogP) is 3.42. The van der Waals surface area contributed by atoms with Crippen LogP contribution < -0.4 is 5.32 Å². The van der Waals surface area contributed by atoms with Crippen molar-refractivity contribution in [2.75, 3.05) is 0 Å². The Morgan fingerprint density at radius 1 is 1.25 bits per heavy atom. The fraction of sp³-hybridized carbons (Fsp3) is 0.353. The number of aromatic amines is 1. The molecule has 1 aliphatic rings. The Morgan fingerprint density at radius 3 is 2.60 bits per heavy atom. The highest BCUT2D eigenvalue weighted by Crippen LogP contribution is 2.41. The minimum absolute atomic E-state index is 0.0127. The Hall–Kier alpha value is -2.03. The molecule has 104 valence electrons. The first-order valence-electron chi connectivity index (χ1n) is 7.19. The molecule has 2 aromatic rings. The van der Waals surface area contributed by atoms with Gasteiger partial charge in [0, 0.05) is 18.2 Å².